The Morgan fingerprint density at radius 1 is 1.50 bits per heavy atom. The van der Waals surface area contributed by atoms with Gasteiger partial charge in [-0.1, -0.05) is 19.9 Å². The standard InChI is InChI=1S/C13H20N2O3/c1-4-13(3,9-16)8-14-11-6-5-10(2)7-12(11)15(17)18/h5-7,14,16H,4,8-9H2,1-3H3. The Bertz CT molecular complexity index is 428. The zero-order valence-electron chi connectivity index (χ0n) is 11.1. The first-order valence-corrected chi connectivity index (χ1v) is 6.01. The van der Waals surface area contributed by atoms with Gasteiger partial charge in [0, 0.05) is 18.0 Å². The topological polar surface area (TPSA) is 75.4 Å². The number of aliphatic hydroxyl groups is 1. The minimum Gasteiger partial charge on any atom is -0.396 e. The van der Waals surface area contributed by atoms with Gasteiger partial charge in [0.15, 0.2) is 0 Å². The first-order valence-electron chi connectivity index (χ1n) is 6.01. The largest absolute Gasteiger partial charge is 0.396 e. The van der Waals surface area contributed by atoms with E-state index in [-0.39, 0.29) is 17.7 Å². The van der Waals surface area contributed by atoms with E-state index in [0.29, 0.717) is 12.2 Å². The SMILES string of the molecule is CCC(C)(CO)CNc1ccc(C)cc1[N+](=O)[O-]. The lowest BCUT2D eigenvalue weighted by Gasteiger charge is -2.26. The van der Waals surface area contributed by atoms with Crippen LogP contribution in [0.2, 0.25) is 0 Å². The van der Waals surface area contributed by atoms with Crippen LogP contribution in [0.5, 0.6) is 0 Å². The molecule has 100 valence electrons. The first kappa shape index (κ1) is 14.4. The molecule has 18 heavy (non-hydrogen) atoms. The predicted molar refractivity (Wildman–Crippen MR) is 71.8 cm³/mol. The number of rotatable bonds is 6. The Kier molecular flexibility index (Phi) is 4.67. The summed E-state index contributed by atoms with van der Waals surface area (Å²) in [6, 6.07) is 5.09. The highest BCUT2D eigenvalue weighted by atomic mass is 16.6. The van der Waals surface area contributed by atoms with Crippen LogP contribution in [0, 0.1) is 22.5 Å². The fourth-order valence-electron chi connectivity index (χ4n) is 1.54. The third-order valence-corrected chi connectivity index (χ3v) is 3.29. The molecule has 0 aromatic heterocycles. The number of nitrogens with one attached hydrogen (secondary N) is 1. The fourth-order valence-corrected chi connectivity index (χ4v) is 1.54. The molecule has 0 aliphatic carbocycles. The summed E-state index contributed by atoms with van der Waals surface area (Å²) in [4.78, 5) is 10.6. The highest BCUT2D eigenvalue weighted by molar-refractivity contribution is 5.62. The third kappa shape index (κ3) is 3.43. The van der Waals surface area contributed by atoms with Crippen molar-refractivity contribution in [1.82, 2.24) is 0 Å². The van der Waals surface area contributed by atoms with Crippen LogP contribution < -0.4 is 5.32 Å². The minimum atomic E-state index is -0.391. The summed E-state index contributed by atoms with van der Waals surface area (Å²) >= 11 is 0. The summed E-state index contributed by atoms with van der Waals surface area (Å²) in [7, 11) is 0. The van der Waals surface area contributed by atoms with Gasteiger partial charge in [-0.25, -0.2) is 0 Å². The summed E-state index contributed by atoms with van der Waals surface area (Å²) in [5.74, 6) is 0. The molecule has 0 aliphatic rings. The molecule has 0 radical (unpaired) electrons. The van der Waals surface area contributed by atoms with Gasteiger partial charge in [0.05, 0.1) is 11.5 Å². The molecule has 0 amide bonds. The number of aliphatic hydroxyl groups excluding tert-OH is 1. The molecule has 0 saturated carbocycles. The van der Waals surface area contributed by atoms with E-state index in [1.807, 2.05) is 26.8 Å². The molecule has 1 aromatic carbocycles. The van der Waals surface area contributed by atoms with Gasteiger partial charge in [0.1, 0.15) is 5.69 Å². The van der Waals surface area contributed by atoms with Crippen molar-refractivity contribution in [2.75, 3.05) is 18.5 Å². The van der Waals surface area contributed by atoms with Gasteiger partial charge in [-0.2, -0.15) is 0 Å². The van der Waals surface area contributed by atoms with Crippen molar-refractivity contribution in [3.8, 4) is 0 Å². The molecule has 5 heteroatoms. The second-order valence-electron chi connectivity index (χ2n) is 4.95. The highest BCUT2D eigenvalue weighted by Gasteiger charge is 2.22. The Hall–Kier alpha value is -1.62. The molecule has 5 nitrogen and oxygen atoms in total. The van der Waals surface area contributed by atoms with E-state index >= 15 is 0 Å². The van der Waals surface area contributed by atoms with Crippen LogP contribution >= 0.6 is 0 Å². The number of anilines is 1. The number of benzene rings is 1. The van der Waals surface area contributed by atoms with Crippen LogP contribution in [0.4, 0.5) is 11.4 Å². The Labute approximate surface area is 107 Å². The molecule has 0 saturated heterocycles. The van der Waals surface area contributed by atoms with E-state index in [9.17, 15) is 15.2 Å². The maximum absolute atomic E-state index is 11.0. The average Bonchev–Trinajstić information content (AvgIpc) is 2.36. The molecule has 2 N–H and O–H groups in total. The lowest BCUT2D eigenvalue weighted by molar-refractivity contribution is -0.384. The van der Waals surface area contributed by atoms with E-state index in [2.05, 4.69) is 5.32 Å². The van der Waals surface area contributed by atoms with Crippen LogP contribution in [0.25, 0.3) is 0 Å². The minimum absolute atomic E-state index is 0.0517. The Morgan fingerprint density at radius 3 is 2.67 bits per heavy atom. The monoisotopic (exact) mass is 252 g/mol. The van der Waals surface area contributed by atoms with Crippen molar-refractivity contribution in [3.63, 3.8) is 0 Å². The molecule has 0 fully saturated rings. The number of nitro groups is 1. The number of nitrogens with zero attached hydrogens (tertiary/aromatic N) is 1. The van der Waals surface area contributed by atoms with Crippen LogP contribution in [0.15, 0.2) is 18.2 Å². The second kappa shape index (κ2) is 5.82. The van der Waals surface area contributed by atoms with Gasteiger partial charge in [0.25, 0.3) is 5.69 Å². The van der Waals surface area contributed by atoms with E-state index in [1.165, 1.54) is 0 Å². The van der Waals surface area contributed by atoms with Crippen molar-refractivity contribution in [2.24, 2.45) is 5.41 Å². The van der Waals surface area contributed by atoms with Crippen molar-refractivity contribution in [3.05, 3.63) is 33.9 Å². The zero-order valence-corrected chi connectivity index (χ0v) is 11.1. The smallest absolute Gasteiger partial charge is 0.292 e. The first-order chi connectivity index (χ1) is 8.41. The highest BCUT2D eigenvalue weighted by Crippen LogP contribution is 2.27. The molecule has 0 spiro atoms. The normalized spacial score (nSPS) is 14.0. The summed E-state index contributed by atoms with van der Waals surface area (Å²) in [6.45, 7) is 6.31. The molecule has 0 aliphatic heterocycles. The molecule has 1 aromatic rings. The molecule has 0 heterocycles. The predicted octanol–water partition coefficient (Wildman–Crippen LogP) is 2.72. The molecule has 1 unspecified atom stereocenters. The van der Waals surface area contributed by atoms with E-state index < -0.39 is 4.92 Å². The Balaban J connectivity index is 2.88. The third-order valence-electron chi connectivity index (χ3n) is 3.29. The molecule has 1 rings (SSSR count). The van der Waals surface area contributed by atoms with Crippen LogP contribution in [-0.2, 0) is 0 Å². The fraction of sp³-hybridized carbons (Fsp3) is 0.538. The van der Waals surface area contributed by atoms with Crippen LogP contribution in [0.3, 0.4) is 0 Å². The maximum Gasteiger partial charge on any atom is 0.292 e. The van der Waals surface area contributed by atoms with Gasteiger partial charge >= 0.3 is 0 Å². The van der Waals surface area contributed by atoms with Crippen molar-refractivity contribution in [2.45, 2.75) is 27.2 Å². The van der Waals surface area contributed by atoms with Crippen molar-refractivity contribution >= 4 is 11.4 Å². The van der Waals surface area contributed by atoms with Crippen LogP contribution in [0.1, 0.15) is 25.8 Å². The number of aryl methyl sites for hydroxylation is 1. The van der Waals surface area contributed by atoms with Crippen molar-refractivity contribution < 1.29 is 10.0 Å². The quantitative estimate of drug-likeness (QED) is 0.603. The lowest BCUT2D eigenvalue weighted by Crippen LogP contribution is -2.29. The molecule has 0 bridgehead atoms. The Morgan fingerprint density at radius 2 is 2.17 bits per heavy atom. The summed E-state index contributed by atoms with van der Waals surface area (Å²) < 4.78 is 0. The van der Waals surface area contributed by atoms with Gasteiger partial charge in [-0.05, 0) is 25.0 Å². The van der Waals surface area contributed by atoms with Gasteiger partial charge in [0.2, 0.25) is 0 Å². The molecular weight excluding hydrogens is 232 g/mol. The average molecular weight is 252 g/mol. The molecular formula is C13H20N2O3. The van der Waals surface area contributed by atoms with Gasteiger partial charge in [-0.3, -0.25) is 10.1 Å². The van der Waals surface area contributed by atoms with Gasteiger partial charge < -0.3 is 10.4 Å². The van der Waals surface area contributed by atoms with Crippen molar-refractivity contribution in [1.29, 1.82) is 0 Å². The maximum atomic E-state index is 11.0. The van der Waals surface area contributed by atoms with Gasteiger partial charge in [-0.15, -0.1) is 0 Å². The zero-order chi connectivity index (χ0) is 13.8. The van der Waals surface area contributed by atoms with E-state index in [4.69, 9.17) is 0 Å². The number of hydrogen-bond acceptors (Lipinski definition) is 4. The van der Waals surface area contributed by atoms with E-state index in [1.54, 1.807) is 12.1 Å². The number of nitro benzene ring substituents is 1. The molecule has 1 atom stereocenters. The number of hydrogen-bond donors (Lipinski definition) is 2. The van der Waals surface area contributed by atoms with Crippen LogP contribution in [-0.4, -0.2) is 23.2 Å². The van der Waals surface area contributed by atoms with E-state index in [0.717, 1.165) is 12.0 Å². The lowest BCUT2D eigenvalue weighted by atomic mass is 9.88. The second-order valence-corrected chi connectivity index (χ2v) is 4.95. The summed E-state index contributed by atoms with van der Waals surface area (Å²) in [6.07, 6.45) is 0.802. The summed E-state index contributed by atoms with van der Waals surface area (Å²) in [5, 5.41) is 23.3. The summed E-state index contributed by atoms with van der Waals surface area (Å²) in [5.41, 5.74) is 1.16.